The lowest BCUT2D eigenvalue weighted by molar-refractivity contribution is 0.0910. The van der Waals surface area contributed by atoms with Crippen molar-refractivity contribution in [2.75, 3.05) is 13.1 Å². The van der Waals surface area contributed by atoms with Crippen molar-refractivity contribution in [3.8, 4) is 5.75 Å². The first kappa shape index (κ1) is 17.0. The predicted molar refractivity (Wildman–Crippen MR) is 95.7 cm³/mol. The summed E-state index contributed by atoms with van der Waals surface area (Å²) in [6, 6.07) is 16.7. The molecule has 3 rings (SSSR count). The Morgan fingerprint density at radius 2 is 1.76 bits per heavy atom. The van der Waals surface area contributed by atoms with Gasteiger partial charge in [0, 0.05) is 24.7 Å². The lowest BCUT2D eigenvalue weighted by Gasteiger charge is -2.31. The Bertz CT molecular complexity index is 738. The quantitative estimate of drug-likeness (QED) is 0.933. The maximum Gasteiger partial charge on any atom is 0.415 e. The van der Waals surface area contributed by atoms with Gasteiger partial charge in [-0.25, -0.2) is 4.79 Å². The first-order valence-electron chi connectivity index (χ1n) is 8.51. The molecule has 1 aliphatic rings. The molecule has 25 heavy (non-hydrogen) atoms. The molecule has 1 saturated heterocycles. The maximum atomic E-state index is 12.3. The molecule has 2 aromatic carbocycles. The molecule has 0 unspecified atom stereocenters. The van der Waals surface area contributed by atoms with E-state index in [2.05, 4.69) is 5.32 Å². The summed E-state index contributed by atoms with van der Waals surface area (Å²) in [5, 5.41) is 3.05. The van der Waals surface area contributed by atoms with Crippen molar-refractivity contribution in [1.29, 1.82) is 0 Å². The maximum absolute atomic E-state index is 12.3. The Morgan fingerprint density at radius 3 is 2.44 bits per heavy atom. The number of carbonyl (C=O) groups excluding carboxylic acids is 2. The van der Waals surface area contributed by atoms with Crippen LogP contribution in [0.5, 0.6) is 5.75 Å². The van der Waals surface area contributed by atoms with Gasteiger partial charge in [0.2, 0.25) is 0 Å². The van der Waals surface area contributed by atoms with Crippen LogP contribution in [0.1, 0.15) is 28.8 Å². The number of rotatable bonds is 3. The highest BCUT2D eigenvalue weighted by atomic mass is 16.6. The lowest BCUT2D eigenvalue weighted by Crippen LogP contribution is -2.47. The molecule has 2 aromatic rings. The average molecular weight is 338 g/mol. The van der Waals surface area contributed by atoms with E-state index >= 15 is 0 Å². The lowest BCUT2D eigenvalue weighted by atomic mass is 10.0. The van der Waals surface area contributed by atoms with Gasteiger partial charge in [-0.05, 0) is 44.0 Å². The van der Waals surface area contributed by atoms with Crippen molar-refractivity contribution in [2.45, 2.75) is 25.8 Å². The Hall–Kier alpha value is -2.82. The number of nitrogens with zero attached hydrogens (tertiary/aromatic N) is 1. The Morgan fingerprint density at radius 1 is 1.04 bits per heavy atom. The number of amides is 2. The van der Waals surface area contributed by atoms with E-state index in [4.69, 9.17) is 4.74 Å². The number of piperidine rings is 1. The molecule has 1 heterocycles. The number of carbonyl (C=O) groups is 2. The van der Waals surface area contributed by atoms with E-state index in [9.17, 15) is 9.59 Å². The molecule has 1 N–H and O–H groups in total. The largest absolute Gasteiger partial charge is 0.415 e. The van der Waals surface area contributed by atoms with Crippen LogP contribution in [0.4, 0.5) is 4.79 Å². The summed E-state index contributed by atoms with van der Waals surface area (Å²) in [5.74, 6) is 0.483. The van der Waals surface area contributed by atoms with Gasteiger partial charge in [0.15, 0.2) is 0 Å². The number of aryl methyl sites for hydroxylation is 1. The van der Waals surface area contributed by atoms with E-state index in [0.717, 1.165) is 18.4 Å². The van der Waals surface area contributed by atoms with Gasteiger partial charge in [-0.1, -0.05) is 35.9 Å². The van der Waals surface area contributed by atoms with E-state index in [1.165, 1.54) is 0 Å². The second kappa shape index (κ2) is 7.83. The second-order valence-corrected chi connectivity index (χ2v) is 6.29. The highest BCUT2D eigenvalue weighted by Crippen LogP contribution is 2.15. The first-order chi connectivity index (χ1) is 12.1. The summed E-state index contributed by atoms with van der Waals surface area (Å²) in [6.45, 7) is 3.11. The third-order valence-electron chi connectivity index (χ3n) is 4.32. The summed E-state index contributed by atoms with van der Waals surface area (Å²) in [7, 11) is 0. The fraction of sp³-hybridized carbons (Fsp3) is 0.300. The molecule has 0 atom stereocenters. The molecule has 0 aromatic heterocycles. The monoisotopic (exact) mass is 338 g/mol. The fourth-order valence-electron chi connectivity index (χ4n) is 2.92. The number of benzene rings is 2. The second-order valence-electron chi connectivity index (χ2n) is 6.29. The Balaban J connectivity index is 1.48. The van der Waals surface area contributed by atoms with E-state index < -0.39 is 0 Å². The standard InChI is InChI=1S/C20H22N2O3/c1-15-6-5-7-16(14-15)19(23)21-17-10-12-22(13-11-17)20(24)25-18-8-3-2-4-9-18/h2-9,14,17H,10-13H2,1H3,(H,21,23). The normalized spacial score (nSPS) is 14.8. The molecule has 1 fully saturated rings. The van der Waals surface area contributed by atoms with E-state index in [0.29, 0.717) is 24.4 Å². The van der Waals surface area contributed by atoms with Gasteiger partial charge < -0.3 is 15.0 Å². The van der Waals surface area contributed by atoms with Crippen LogP contribution in [0, 0.1) is 6.92 Å². The number of likely N-dealkylation sites (tertiary alicyclic amines) is 1. The Kier molecular flexibility index (Phi) is 5.33. The third-order valence-corrected chi connectivity index (χ3v) is 4.32. The highest BCUT2D eigenvalue weighted by Gasteiger charge is 2.25. The van der Waals surface area contributed by atoms with Gasteiger partial charge in [-0.2, -0.15) is 0 Å². The van der Waals surface area contributed by atoms with Gasteiger partial charge in [0.05, 0.1) is 0 Å². The smallest absolute Gasteiger partial charge is 0.410 e. The number of ether oxygens (including phenoxy) is 1. The highest BCUT2D eigenvalue weighted by molar-refractivity contribution is 5.94. The molecule has 5 nitrogen and oxygen atoms in total. The zero-order valence-electron chi connectivity index (χ0n) is 14.3. The third kappa shape index (κ3) is 4.59. The van der Waals surface area contributed by atoms with Crippen LogP contribution in [0.3, 0.4) is 0 Å². The Labute approximate surface area is 147 Å². The van der Waals surface area contributed by atoms with E-state index in [1.54, 1.807) is 17.0 Å². The van der Waals surface area contributed by atoms with Crippen LogP contribution >= 0.6 is 0 Å². The van der Waals surface area contributed by atoms with Crippen molar-refractivity contribution in [2.24, 2.45) is 0 Å². The minimum Gasteiger partial charge on any atom is -0.410 e. The van der Waals surface area contributed by atoms with Crippen LogP contribution in [0.2, 0.25) is 0 Å². The molecule has 1 aliphatic heterocycles. The zero-order chi connectivity index (χ0) is 17.6. The summed E-state index contributed by atoms with van der Waals surface area (Å²) in [6.07, 6.45) is 1.11. The molecule has 0 bridgehead atoms. The fourth-order valence-corrected chi connectivity index (χ4v) is 2.92. The van der Waals surface area contributed by atoms with Crippen LogP contribution < -0.4 is 10.1 Å². The molecule has 0 saturated carbocycles. The number of hydrogen-bond donors (Lipinski definition) is 1. The molecule has 130 valence electrons. The molecular weight excluding hydrogens is 316 g/mol. The van der Waals surface area contributed by atoms with Crippen molar-refractivity contribution in [3.63, 3.8) is 0 Å². The predicted octanol–water partition coefficient (Wildman–Crippen LogP) is 3.39. The number of hydrogen-bond acceptors (Lipinski definition) is 3. The van der Waals surface area contributed by atoms with Crippen molar-refractivity contribution in [1.82, 2.24) is 10.2 Å². The van der Waals surface area contributed by atoms with Crippen LogP contribution in [0.15, 0.2) is 54.6 Å². The van der Waals surface area contributed by atoms with Gasteiger partial charge in [0.25, 0.3) is 5.91 Å². The molecule has 0 aliphatic carbocycles. The summed E-state index contributed by atoms with van der Waals surface area (Å²) >= 11 is 0. The van der Waals surface area contributed by atoms with Gasteiger partial charge in [-0.15, -0.1) is 0 Å². The van der Waals surface area contributed by atoms with E-state index in [-0.39, 0.29) is 18.0 Å². The SMILES string of the molecule is Cc1cccc(C(=O)NC2CCN(C(=O)Oc3ccccc3)CC2)c1. The molecular formula is C20H22N2O3. The minimum absolute atomic E-state index is 0.0611. The number of nitrogens with one attached hydrogen (secondary N) is 1. The van der Waals surface area contributed by atoms with Crippen molar-refractivity contribution >= 4 is 12.0 Å². The molecule has 2 amide bonds. The summed E-state index contributed by atoms with van der Waals surface area (Å²) in [5.41, 5.74) is 1.73. The van der Waals surface area contributed by atoms with Gasteiger partial charge >= 0.3 is 6.09 Å². The molecule has 5 heteroatoms. The minimum atomic E-state index is -0.338. The van der Waals surface area contributed by atoms with Crippen molar-refractivity contribution in [3.05, 3.63) is 65.7 Å². The van der Waals surface area contributed by atoms with Gasteiger partial charge in [0.1, 0.15) is 5.75 Å². The van der Waals surface area contributed by atoms with Crippen LogP contribution in [-0.4, -0.2) is 36.0 Å². The van der Waals surface area contributed by atoms with Gasteiger partial charge in [-0.3, -0.25) is 4.79 Å². The first-order valence-corrected chi connectivity index (χ1v) is 8.51. The van der Waals surface area contributed by atoms with Crippen molar-refractivity contribution < 1.29 is 14.3 Å². The topological polar surface area (TPSA) is 58.6 Å². The number of para-hydroxylation sites is 1. The summed E-state index contributed by atoms with van der Waals surface area (Å²) in [4.78, 5) is 26.2. The molecule has 0 radical (unpaired) electrons. The van der Waals surface area contributed by atoms with Crippen LogP contribution in [-0.2, 0) is 0 Å². The zero-order valence-corrected chi connectivity index (χ0v) is 14.3. The van der Waals surface area contributed by atoms with Crippen LogP contribution in [0.25, 0.3) is 0 Å². The van der Waals surface area contributed by atoms with E-state index in [1.807, 2.05) is 49.4 Å². The summed E-state index contributed by atoms with van der Waals surface area (Å²) < 4.78 is 5.35. The average Bonchev–Trinajstić information content (AvgIpc) is 2.63. The molecule has 0 spiro atoms.